The van der Waals surface area contributed by atoms with E-state index in [1.807, 2.05) is 31.2 Å². The van der Waals surface area contributed by atoms with E-state index < -0.39 is 15.9 Å². The van der Waals surface area contributed by atoms with Crippen LogP contribution in [0.1, 0.15) is 27.2 Å². The van der Waals surface area contributed by atoms with Gasteiger partial charge in [-0.1, -0.05) is 47.0 Å². The lowest BCUT2D eigenvalue weighted by molar-refractivity contribution is -0.390. The molecule has 0 radical (unpaired) electrons. The molecule has 8 heteroatoms. The fraction of sp³-hybridized carbons (Fsp3) is 0.143. The number of aromatic amines is 1. The number of halogens is 1. The molecule has 1 heterocycles. The molecule has 0 atom stereocenters. The normalized spacial score (nSPS) is 11.1. The van der Waals surface area contributed by atoms with Gasteiger partial charge in [0.05, 0.1) is 9.92 Å². The molecule has 0 aliphatic carbocycles. The number of carbonyl (C=O) groups excluding carboxylic acids is 1. The summed E-state index contributed by atoms with van der Waals surface area (Å²) in [5.41, 5.74) is 2.95. The van der Waals surface area contributed by atoms with E-state index in [1.54, 1.807) is 25.3 Å². The van der Waals surface area contributed by atoms with Crippen molar-refractivity contribution in [3.63, 3.8) is 0 Å². The smallest absolute Gasteiger partial charge is 0.251 e. The van der Waals surface area contributed by atoms with Crippen molar-refractivity contribution in [3.05, 3.63) is 92.9 Å². The van der Waals surface area contributed by atoms with Crippen molar-refractivity contribution in [2.24, 2.45) is 0 Å². The maximum absolute atomic E-state index is 12.9. The van der Waals surface area contributed by atoms with Crippen LogP contribution in [0.3, 0.4) is 0 Å². The number of benzene rings is 2. The highest BCUT2D eigenvalue weighted by molar-refractivity contribution is 7.94. The van der Waals surface area contributed by atoms with Crippen LogP contribution in [-0.2, 0) is 16.6 Å². The fourth-order valence-electron chi connectivity index (χ4n) is 2.66. The van der Waals surface area contributed by atoms with Gasteiger partial charge in [0.2, 0.25) is 0 Å². The minimum atomic E-state index is -4.10. The van der Waals surface area contributed by atoms with Crippen LogP contribution in [0.25, 0.3) is 4.72 Å². The molecule has 29 heavy (non-hydrogen) atoms. The largest absolute Gasteiger partial charge is 0.572 e. The van der Waals surface area contributed by atoms with Crippen LogP contribution in [0.2, 0.25) is 5.02 Å². The van der Waals surface area contributed by atoms with Crippen molar-refractivity contribution in [1.82, 2.24) is 5.32 Å². The van der Waals surface area contributed by atoms with Crippen LogP contribution >= 0.6 is 11.6 Å². The topological polar surface area (TPSA) is 91.5 Å². The number of aryl methyl sites for hydroxylation is 2. The summed E-state index contributed by atoms with van der Waals surface area (Å²) >= 11 is 6.12. The van der Waals surface area contributed by atoms with Gasteiger partial charge in [-0.3, -0.25) is 4.79 Å². The zero-order valence-electron chi connectivity index (χ0n) is 15.9. The Hall–Kier alpha value is -2.90. The van der Waals surface area contributed by atoms with Crippen LogP contribution < -0.4 is 10.3 Å². The molecule has 6 nitrogen and oxygen atoms in total. The summed E-state index contributed by atoms with van der Waals surface area (Å²) in [4.78, 5) is 15.3. The van der Waals surface area contributed by atoms with E-state index in [0.29, 0.717) is 5.69 Å². The number of hydrogen-bond donors (Lipinski definition) is 1. The molecule has 0 unspecified atom stereocenters. The SMILES string of the molecule is Cc1ccc(C)c([N-]S(=O)(=O)c2cc(C(=O)NCc3cccc[nH+]3)ccc2Cl)c1. The first-order valence-corrected chi connectivity index (χ1v) is 10.7. The molecule has 0 saturated heterocycles. The van der Waals surface area contributed by atoms with E-state index in [0.717, 1.165) is 16.8 Å². The average molecular weight is 430 g/mol. The Bertz CT molecular complexity index is 1150. The lowest BCUT2D eigenvalue weighted by Crippen LogP contribution is -2.26. The summed E-state index contributed by atoms with van der Waals surface area (Å²) in [6, 6.07) is 15.0. The van der Waals surface area contributed by atoms with Gasteiger partial charge in [0.1, 0.15) is 16.6 Å². The second-order valence-electron chi connectivity index (χ2n) is 6.57. The van der Waals surface area contributed by atoms with Gasteiger partial charge in [-0.05, 0) is 32.0 Å². The summed E-state index contributed by atoms with van der Waals surface area (Å²) in [5.74, 6) is -0.415. The van der Waals surface area contributed by atoms with Crippen molar-refractivity contribution in [1.29, 1.82) is 0 Å². The summed E-state index contributed by atoms with van der Waals surface area (Å²) in [7, 11) is -4.10. The van der Waals surface area contributed by atoms with Gasteiger partial charge < -0.3 is 10.0 Å². The first kappa shape index (κ1) is 20.8. The van der Waals surface area contributed by atoms with Crippen molar-refractivity contribution in [2.75, 3.05) is 0 Å². The zero-order valence-corrected chi connectivity index (χ0v) is 17.5. The molecule has 0 fully saturated rings. The van der Waals surface area contributed by atoms with Crippen molar-refractivity contribution >= 4 is 33.2 Å². The zero-order chi connectivity index (χ0) is 21.0. The highest BCUT2D eigenvalue weighted by atomic mass is 35.5. The van der Waals surface area contributed by atoms with Gasteiger partial charge in [0.15, 0.2) is 11.9 Å². The Kier molecular flexibility index (Phi) is 6.20. The Balaban J connectivity index is 1.84. The third-order valence-corrected chi connectivity index (χ3v) is 6.04. The number of aromatic nitrogens is 1. The molecule has 3 rings (SSSR count). The molecule has 3 aromatic rings. The Morgan fingerprint density at radius 1 is 1.10 bits per heavy atom. The molecule has 0 saturated carbocycles. The maximum atomic E-state index is 12.9. The van der Waals surface area contributed by atoms with E-state index in [2.05, 4.69) is 15.0 Å². The van der Waals surface area contributed by atoms with Gasteiger partial charge in [-0.25, -0.2) is 13.4 Å². The Morgan fingerprint density at radius 2 is 1.90 bits per heavy atom. The van der Waals surface area contributed by atoms with Crippen molar-refractivity contribution < 1.29 is 18.2 Å². The van der Waals surface area contributed by atoms with Gasteiger partial charge >= 0.3 is 0 Å². The summed E-state index contributed by atoms with van der Waals surface area (Å²) in [6.45, 7) is 3.91. The first-order valence-electron chi connectivity index (χ1n) is 8.85. The standard InChI is InChI=1S/C21H19ClN3O3S/c1-14-6-7-15(2)19(11-14)25-29(27,28)20-12-16(8-9-18(20)22)21(26)24-13-17-5-3-4-10-23-17/h3-12H,13H2,1-2H3,(H,24,26)/q-1/p+1. The third-order valence-electron chi connectivity index (χ3n) is 4.27. The van der Waals surface area contributed by atoms with Gasteiger partial charge in [0, 0.05) is 17.7 Å². The quantitative estimate of drug-likeness (QED) is 0.639. The van der Waals surface area contributed by atoms with Gasteiger partial charge in [0.25, 0.3) is 5.91 Å². The summed E-state index contributed by atoms with van der Waals surface area (Å²) in [5, 5.41) is 2.75. The van der Waals surface area contributed by atoms with E-state index in [4.69, 9.17) is 11.6 Å². The third kappa shape index (κ3) is 5.13. The summed E-state index contributed by atoms with van der Waals surface area (Å²) in [6.07, 6.45) is 1.75. The molecule has 0 bridgehead atoms. The monoisotopic (exact) mass is 429 g/mol. The lowest BCUT2D eigenvalue weighted by atomic mass is 10.1. The molecule has 0 spiro atoms. The minimum absolute atomic E-state index is 0.00648. The van der Waals surface area contributed by atoms with E-state index in [1.165, 1.54) is 18.2 Å². The molecule has 2 N–H and O–H groups in total. The predicted molar refractivity (Wildman–Crippen MR) is 112 cm³/mol. The first-order chi connectivity index (χ1) is 13.8. The van der Waals surface area contributed by atoms with Gasteiger partial charge in [-0.15, -0.1) is 5.69 Å². The molecule has 1 aromatic heterocycles. The Labute approximate surface area is 175 Å². The molecular weight excluding hydrogens is 410 g/mol. The highest BCUT2D eigenvalue weighted by Gasteiger charge is 2.15. The second kappa shape index (κ2) is 8.63. The van der Waals surface area contributed by atoms with Crippen molar-refractivity contribution in [3.8, 4) is 0 Å². The van der Waals surface area contributed by atoms with Crippen LogP contribution in [0, 0.1) is 13.8 Å². The number of nitrogens with one attached hydrogen (secondary N) is 2. The molecule has 150 valence electrons. The van der Waals surface area contributed by atoms with Crippen molar-refractivity contribution in [2.45, 2.75) is 25.3 Å². The molecule has 0 aliphatic heterocycles. The number of nitrogens with zero attached hydrogens (tertiary/aromatic N) is 1. The number of rotatable bonds is 6. The number of carbonyl (C=O) groups is 1. The molecule has 2 aromatic carbocycles. The minimum Gasteiger partial charge on any atom is -0.572 e. The highest BCUT2D eigenvalue weighted by Crippen LogP contribution is 2.34. The summed E-state index contributed by atoms with van der Waals surface area (Å²) < 4.78 is 29.6. The number of hydrogen-bond acceptors (Lipinski definition) is 3. The van der Waals surface area contributed by atoms with Crippen LogP contribution in [0.15, 0.2) is 65.7 Å². The van der Waals surface area contributed by atoms with Crippen LogP contribution in [-0.4, -0.2) is 14.3 Å². The Morgan fingerprint density at radius 3 is 2.62 bits per heavy atom. The lowest BCUT2D eigenvalue weighted by Gasteiger charge is -2.25. The van der Waals surface area contributed by atoms with E-state index in [9.17, 15) is 13.2 Å². The molecular formula is C21H20ClN3O3S. The number of sulfonamides is 1. The fourth-order valence-corrected chi connectivity index (χ4v) is 4.21. The van der Waals surface area contributed by atoms with E-state index in [-0.39, 0.29) is 22.0 Å². The van der Waals surface area contributed by atoms with Crippen LogP contribution in [0.4, 0.5) is 5.69 Å². The predicted octanol–water partition coefficient (Wildman–Crippen LogP) is 4.10. The maximum Gasteiger partial charge on any atom is 0.251 e. The number of H-pyrrole nitrogens is 1. The van der Waals surface area contributed by atoms with E-state index >= 15 is 0 Å². The molecule has 1 amide bonds. The second-order valence-corrected chi connectivity index (χ2v) is 8.55. The van der Waals surface area contributed by atoms with Crippen LogP contribution in [0.5, 0.6) is 0 Å². The van der Waals surface area contributed by atoms with Gasteiger partial charge in [-0.2, -0.15) is 0 Å². The molecule has 0 aliphatic rings. The number of amides is 1. The number of pyridine rings is 1. The average Bonchev–Trinajstić information content (AvgIpc) is 2.69.